The molecule has 1 nitrogen and oxygen atoms in total. The molecule has 0 radical (unpaired) electrons. The van der Waals surface area contributed by atoms with E-state index < -0.39 is 25.5 Å². The van der Waals surface area contributed by atoms with Gasteiger partial charge >= 0.3 is 174 Å². The van der Waals surface area contributed by atoms with Gasteiger partial charge in [0.1, 0.15) is 0 Å². The fourth-order valence-corrected chi connectivity index (χ4v) is 22.3. The van der Waals surface area contributed by atoms with Gasteiger partial charge in [0.2, 0.25) is 0 Å². The Bertz CT molecular complexity index is 1040. The van der Waals surface area contributed by atoms with Crippen LogP contribution in [-0.2, 0) is 17.4 Å². The molecule has 6 heteroatoms. The van der Waals surface area contributed by atoms with Crippen molar-refractivity contribution in [1.29, 1.82) is 0 Å². The van der Waals surface area contributed by atoms with Crippen LogP contribution in [0.2, 0.25) is 28.4 Å². The summed E-state index contributed by atoms with van der Waals surface area (Å²) in [6, 6.07) is 19.1. The molecule has 0 spiro atoms. The van der Waals surface area contributed by atoms with Gasteiger partial charge in [0.25, 0.3) is 0 Å². The molecule has 0 aliphatic heterocycles. The van der Waals surface area contributed by atoms with E-state index in [0.29, 0.717) is 10.2 Å². The zero-order valence-corrected chi connectivity index (χ0v) is 24.9. The summed E-state index contributed by atoms with van der Waals surface area (Å²) in [4.78, 5) is 0. The quantitative estimate of drug-likeness (QED) is 0.423. The summed E-state index contributed by atoms with van der Waals surface area (Å²) in [5.74, 6) is 0. The molecular formula is C24H34Cl2OSi2Zr. The monoisotopic (exact) mass is 554 g/mol. The van der Waals surface area contributed by atoms with Crippen molar-refractivity contribution in [2.24, 2.45) is 0 Å². The second-order valence-electron chi connectivity index (χ2n) is 10.3. The minimum atomic E-state index is -3.28. The Hall–Kier alpha value is -0.223. The molecule has 4 rings (SSSR count). The van der Waals surface area contributed by atoms with Crippen molar-refractivity contribution < 1.29 is 22.5 Å². The van der Waals surface area contributed by atoms with Gasteiger partial charge in [-0.1, -0.05) is 0 Å². The van der Waals surface area contributed by atoms with Crippen LogP contribution >= 0.6 is 24.8 Å². The third-order valence-corrected chi connectivity index (χ3v) is 27.8. The average Bonchev–Trinajstić information content (AvgIpc) is 3.26. The molecule has 2 aliphatic rings. The van der Waals surface area contributed by atoms with Crippen molar-refractivity contribution in [3.05, 3.63) is 80.3 Å². The first-order valence-corrected chi connectivity index (χ1v) is 27.1. The molecule has 2 aromatic rings. The fourth-order valence-electron chi connectivity index (χ4n) is 5.33. The number of rotatable bonds is 5. The Morgan fingerprint density at radius 2 is 1.47 bits per heavy atom. The SMILES string of the molecule is C[Si](C)(CCO)C1=CC[C]([Zr]([CH3])([CH3])(=[SiH2])[CH]2c3ccccc3-c3ccccc32)=C1.Cl.Cl. The second-order valence-corrected chi connectivity index (χ2v) is 44.8. The molecule has 0 atom stereocenters. The third kappa shape index (κ3) is 4.21. The molecule has 0 fully saturated rings. The van der Waals surface area contributed by atoms with Gasteiger partial charge in [-0.05, 0) is 0 Å². The van der Waals surface area contributed by atoms with Gasteiger partial charge in [0.05, 0.1) is 0 Å². The van der Waals surface area contributed by atoms with Gasteiger partial charge in [-0.15, -0.1) is 24.8 Å². The number of halogens is 2. The molecule has 2 aliphatic carbocycles. The first kappa shape index (κ1) is 26.0. The average molecular weight is 557 g/mol. The van der Waals surface area contributed by atoms with E-state index in [0.717, 1.165) is 12.5 Å². The van der Waals surface area contributed by atoms with Crippen molar-refractivity contribution >= 4 is 39.8 Å². The number of hydrogen-bond acceptors (Lipinski definition) is 1. The smallest absolute Gasteiger partial charge is 0.147 e. The van der Waals surface area contributed by atoms with Crippen LogP contribution < -0.4 is 0 Å². The molecular weight excluding hydrogens is 523 g/mol. The van der Waals surface area contributed by atoms with Crippen LogP contribution in [0, 0.1) is 0 Å². The summed E-state index contributed by atoms with van der Waals surface area (Å²) in [5.41, 5.74) is 5.99. The maximum Gasteiger partial charge on any atom is -0.147 e. The van der Waals surface area contributed by atoms with Crippen molar-refractivity contribution in [3.63, 3.8) is 0 Å². The predicted octanol–water partition coefficient (Wildman–Crippen LogP) is 6.39. The molecule has 0 saturated heterocycles. The van der Waals surface area contributed by atoms with E-state index in [9.17, 15) is 5.11 Å². The van der Waals surface area contributed by atoms with Crippen molar-refractivity contribution in [2.75, 3.05) is 6.61 Å². The first-order valence-electron chi connectivity index (χ1n) is 10.4. The van der Waals surface area contributed by atoms with Gasteiger partial charge < -0.3 is 0 Å². The summed E-state index contributed by atoms with van der Waals surface area (Å²) >= 11 is -3.28. The van der Waals surface area contributed by atoms with Gasteiger partial charge in [-0.3, -0.25) is 0 Å². The third-order valence-electron chi connectivity index (χ3n) is 7.20. The minimum Gasteiger partial charge on any atom is -0.147 e. The van der Waals surface area contributed by atoms with Gasteiger partial charge in [0, 0.05) is 0 Å². The van der Waals surface area contributed by atoms with Crippen molar-refractivity contribution in [1.82, 2.24) is 0 Å². The molecule has 0 saturated carbocycles. The van der Waals surface area contributed by atoms with Gasteiger partial charge in [-0.25, -0.2) is 0 Å². The fraction of sp³-hybridized carbons (Fsp3) is 0.333. The summed E-state index contributed by atoms with van der Waals surface area (Å²) in [5, 5.41) is 11.1. The van der Waals surface area contributed by atoms with E-state index in [-0.39, 0.29) is 24.8 Å². The standard InChI is InChI=1S/C13H9.C9H15OSi.2CH3.2ClH.H2Si.Zr/c1-3-7-12-10(5-1)9-11-6-2-4-8-13(11)12;1-11(2,8-7-10)9-5-3-4-6-9;;;;;;/h1-9H;5-6,10H,3,7-8H2,1-2H3;2*1H3;2*1H;1H2;. The molecule has 2 aromatic carbocycles. The van der Waals surface area contributed by atoms with Gasteiger partial charge in [-0.2, -0.15) is 0 Å². The Morgan fingerprint density at radius 1 is 0.967 bits per heavy atom. The predicted molar refractivity (Wildman–Crippen MR) is 139 cm³/mol. The van der Waals surface area contributed by atoms with Crippen molar-refractivity contribution in [3.8, 4) is 11.1 Å². The zero-order chi connectivity index (χ0) is 20.2. The number of aliphatic hydroxyl groups excluding tert-OH is 1. The number of benzene rings is 2. The number of hydrogen-bond donors (Lipinski definition) is 1. The maximum absolute atomic E-state index is 9.53. The topological polar surface area (TPSA) is 20.2 Å². The Morgan fingerprint density at radius 3 is 1.97 bits per heavy atom. The summed E-state index contributed by atoms with van der Waals surface area (Å²) in [7, 11) is -1.54. The van der Waals surface area contributed by atoms with Crippen LogP contribution in [0.25, 0.3) is 11.1 Å². The Balaban J connectivity index is 0.00000160. The van der Waals surface area contributed by atoms with Crippen LogP contribution in [0.15, 0.2) is 69.2 Å². The summed E-state index contributed by atoms with van der Waals surface area (Å²) in [6.07, 6.45) is 6.21. The molecule has 0 bridgehead atoms. The molecule has 0 aromatic heterocycles. The zero-order valence-electron chi connectivity index (χ0n) is 18.4. The first-order chi connectivity index (χ1) is 13.1. The molecule has 0 unspecified atom stereocenters. The van der Waals surface area contributed by atoms with E-state index >= 15 is 0 Å². The van der Waals surface area contributed by atoms with Gasteiger partial charge in [0.15, 0.2) is 0 Å². The molecule has 0 amide bonds. The molecule has 30 heavy (non-hydrogen) atoms. The van der Waals surface area contributed by atoms with Crippen molar-refractivity contribution in [2.45, 2.75) is 38.4 Å². The van der Waals surface area contributed by atoms with E-state index in [1.165, 1.54) is 11.1 Å². The summed E-state index contributed by atoms with van der Waals surface area (Å²) in [6.45, 7) is 7.49. The molecule has 162 valence electrons. The number of allylic oxidation sites excluding steroid dienone is 4. The van der Waals surface area contributed by atoms with Crippen LogP contribution in [0.1, 0.15) is 21.2 Å². The van der Waals surface area contributed by atoms with E-state index in [4.69, 9.17) is 0 Å². The number of aliphatic hydroxyl groups is 1. The maximum atomic E-state index is 9.53. The minimum absolute atomic E-state index is 0. The Labute approximate surface area is 197 Å². The second kappa shape index (κ2) is 8.96. The van der Waals surface area contributed by atoms with Crippen LogP contribution in [0.5, 0.6) is 0 Å². The molecule has 0 heterocycles. The Kier molecular flexibility index (Phi) is 7.78. The normalized spacial score (nSPS) is 16.1. The van der Waals surface area contributed by atoms with Crippen LogP contribution in [0.3, 0.4) is 0 Å². The van der Waals surface area contributed by atoms with E-state index in [1.807, 2.05) is 0 Å². The summed E-state index contributed by atoms with van der Waals surface area (Å²) < 4.78 is 7.62. The number of fused-ring (bicyclic) bond motifs is 3. The van der Waals surface area contributed by atoms with E-state index in [2.05, 4.69) is 89.9 Å². The van der Waals surface area contributed by atoms with Crippen LogP contribution in [0.4, 0.5) is 0 Å². The van der Waals surface area contributed by atoms with Crippen LogP contribution in [-0.4, -0.2) is 26.7 Å². The van der Waals surface area contributed by atoms with E-state index in [1.54, 1.807) is 19.6 Å². The largest absolute Gasteiger partial charge is 0.147 e. The molecule has 1 N–H and O–H groups in total.